The summed E-state index contributed by atoms with van der Waals surface area (Å²) in [5.74, 6) is 5.58. The molecule has 2 aromatic rings. The minimum absolute atomic E-state index is 0.151. The number of rotatable bonds is 4. The van der Waals surface area contributed by atoms with Gasteiger partial charge in [-0.2, -0.15) is 0 Å². The van der Waals surface area contributed by atoms with Gasteiger partial charge in [-0.3, -0.25) is 10.2 Å². The summed E-state index contributed by atoms with van der Waals surface area (Å²) in [6.45, 7) is 0. The van der Waals surface area contributed by atoms with E-state index in [4.69, 9.17) is 16.1 Å². The predicted octanol–water partition coefficient (Wildman–Crippen LogP) is 0.548. The molecule has 0 bridgehead atoms. The minimum atomic E-state index is -0.486. The van der Waals surface area contributed by atoms with Crippen molar-refractivity contribution in [2.24, 2.45) is 5.84 Å². The van der Waals surface area contributed by atoms with E-state index in [1.807, 2.05) is 11.5 Å². The van der Waals surface area contributed by atoms with Crippen molar-refractivity contribution in [2.75, 3.05) is 5.73 Å². The molecular weight excluding hydrogens is 254 g/mol. The van der Waals surface area contributed by atoms with Gasteiger partial charge in [-0.1, -0.05) is 16.9 Å². The average Bonchev–Trinajstić information content (AvgIpc) is 2.86. The van der Waals surface area contributed by atoms with Gasteiger partial charge in [-0.15, -0.1) is 0 Å². The predicted molar refractivity (Wildman–Crippen MR) is 66.4 cm³/mol. The second-order valence-corrected chi connectivity index (χ2v) is 4.37. The van der Waals surface area contributed by atoms with Gasteiger partial charge in [0.1, 0.15) is 5.76 Å². The number of anilines is 1. The Bertz CT molecular complexity index is 539. The first-order chi connectivity index (χ1) is 8.69. The lowest BCUT2D eigenvalue weighted by atomic mass is 10.4. The first-order valence-corrected chi connectivity index (χ1v) is 5.98. The van der Waals surface area contributed by atoms with Gasteiger partial charge in [0.2, 0.25) is 0 Å². The van der Waals surface area contributed by atoms with Crippen LogP contribution in [0.25, 0.3) is 0 Å². The van der Waals surface area contributed by atoms with Crippen molar-refractivity contribution in [3.05, 3.63) is 35.9 Å². The molecule has 5 N–H and O–H groups in total. The molecule has 0 fully saturated rings. The summed E-state index contributed by atoms with van der Waals surface area (Å²) < 4.78 is 4.99. The van der Waals surface area contributed by atoms with Crippen LogP contribution < -0.4 is 17.0 Å². The Hall–Kier alpha value is -2.06. The number of aromatic nitrogens is 2. The Morgan fingerprint density at radius 3 is 3.00 bits per heavy atom. The van der Waals surface area contributed by atoms with Gasteiger partial charge in [0.05, 0.1) is 22.7 Å². The highest BCUT2D eigenvalue weighted by atomic mass is 32.2. The molecule has 0 spiro atoms. The number of nitrogens with one attached hydrogen (secondary N) is 1. The topological polar surface area (TPSA) is 120 Å². The number of thioether (sulfide) groups is 1. The lowest BCUT2D eigenvalue weighted by Crippen LogP contribution is -2.30. The molecule has 0 saturated heterocycles. The number of nitrogens with zero attached hydrogens (tertiary/aromatic N) is 2. The Kier molecular flexibility index (Phi) is 3.80. The maximum absolute atomic E-state index is 11.1. The summed E-state index contributed by atoms with van der Waals surface area (Å²) in [6, 6.07) is 5.11. The largest absolute Gasteiger partial charge is 0.397 e. The van der Waals surface area contributed by atoms with Gasteiger partial charge < -0.3 is 10.3 Å². The number of carbonyl (C=O) groups is 1. The number of hydrogen-bond donors (Lipinski definition) is 3. The van der Waals surface area contributed by atoms with Crippen molar-refractivity contribution in [1.29, 1.82) is 0 Å². The summed E-state index contributed by atoms with van der Waals surface area (Å²) in [5.41, 5.74) is 8.27. The second-order valence-electron chi connectivity index (χ2n) is 3.37. The van der Waals surface area contributed by atoms with Crippen LogP contribution in [0.4, 0.5) is 5.69 Å². The molecule has 0 radical (unpaired) electrons. The molecule has 0 saturated carbocycles. The molecule has 0 aromatic carbocycles. The lowest BCUT2D eigenvalue weighted by molar-refractivity contribution is 0.0944. The summed E-state index contributed by atoms with van der Waals surface area (Å²) in [6.07, 6.45) is 1.58. The van der Waals surface area contributed by atoms with Gasteiger partial charge in [-0.05, 0) is 12.1 Å². The average molecular weight is 265 g/mol. The number of carbonyl (C=O) groups excluding carboxylic acids is 1. The first kappa shape index (κ1) is 12.4. The quantitative estimate of drug-likeness (QED) is 0.319. The highest BCUT2D eigenvalue weighted by molar-refractivity contribution is 7.98. The molecule has 2 heterocycles. The van der Waals surface area contributed by atoms with Crippen LogP contribution in [-0.2, 0) is 5.75 Å². The van der Waals surface area contributed by atoms with Gasteiger partial charge >= 0.3 is 0 Å². The third kappa shape index (κ3) is 2.99. The molecule has 0 aliphatic carbocycles. The van der Waals surface area contributed by atoms with Crippen LogP contribution in [0.5, 0.6) is 0 Å². The van der Waals surface area contributed by atoms with E-state index < -0.39 is 5.91 Å². The molecule has 8 heteroatoms. The summed E-state index contributed by atoms with van der Waals surface area (Å²) in [5, 5.41) is 4.40. The van der Waals surface area contributed by atoms with Crippen molar-refractivity contribution in [3.63, 3.8) is 0 Å². The van der Waals surface area contributed by atoms with Crippen molar-refractivity contribution in [1.82, 2.24) is 15.6 Å². The van der Waals surface area contributed by atoms with Gasteiger partial charge in [0.15, 0.2) is 5.69 Å². The number of hydrazine groups is 1. The van der Waals surface area contributed by atoms with E-state index in [2.05, 4.69) is 10.1 Å². The Labute approximate surface area is 107 Å². The highest BCUT2D eigenvalue weighted by Crippen LogP contribution is 2.21. The van der Waals surface area contributed by atoms with Gasteiger partial charge in [0, 0.05) is 6.07 Å². The molecule has 0 atom stereocenters. The van der Waals surface area contributed by atoms with E-state index >= 15 is 0 Å². The number of nitrogens with two attached hydrogens (primary N) is 2. The summed E-state index contributed by atoms with van der Waals surface area (Å²) in [7, 11) is 0. The zero-order valence-electron chi connectivity index (χ0n) is 9.29. The molecule has 2 aromatic heterocycles. The molecule has 18 heavy (non-hydrogen) atoms. The third-order valence-electron chi connectivity index (χ3n) is 2.04. The van der Waals surface area contributed by atoms with Crippen LogP contribution in [0.1, 0.15) is 16.2 Å². The fraction of sp³-hybridized carbons (Fsp3) is 0.100. The Morgan fingerprint density at radius 2 is 2.33 bits per heavy atom. The Morgan fingerprint density at radius 1 is 1.50 bits per heavy atom. The van der Waals surface area contributed by atoms with Crippen LogP contribution in [0.3, 0.4) is 0 Å². The minimum Gasteiger partial charge on any atom is -0.397 e. The molecule has 7 nitrogen and oxygen atoms in total. The first-order valence-electron chi connectivity index (χ1n) is 5.00. The number of pyridine rings is 1. The molecule has 0 aliphatic rings. The van der Waals surface area contributed by atoms with Crippen LogP contribution in [0.2, 0.25) is 0 Å². The summed E-state index contributed by atoms with van der Waals surface area (Å²) in [4.78, 5) is 15.3. The smallest absolute Gasteiger partial charge is 0.287 e. The molecular formula is C10H11N5O2S. The van der Waals surface area contributed by atoms with E-state index in [1.165, 1.54) is 17.8 Å². The number of hydrogen-bond acceptors (Lipinski definition) is 7. The number of nitrogen functional groups attached to an aromatic ring is 2. The Balaban J connectivity index is 1.96. The highest BCUT2D eigenvalue weighted by Gasteiger charge is 2.11. The van der Waals surface area contributed by atoms with Crippen LogP contribution in [0.15, 0.2) is 33.9 Å². The molecule has 0 aliphatic heterocycles. The van der Waals surface area contributed by atoms with Gasteiger partial charge in [-0.25, -0.2) is 10.8 Å². The maximum atomic E-state index is 11.1. The number of amides is 1. The van der Waals surface area contributed by atoms with E-state index in [9.17, 15) is 4.79 Å². The molecule has 1 amide bonds. The van der Waals surface area contributed by atoms with E-state index in [0.717, 1.165) is 5.03 Å². The lowest BCUT2D eigenvalue weighted by Gasteiger charge is -1.97. The van der Waals surface area contributed by atoms with Crippen LogP contribution in [-0.4, -0.2) is 16.0 Å². The van der Waals surface area contributed by atoms with Crippen molar-refractivity contribution in [2.45, 2.75) is 10.8 Å². The van der Waals surface area contributed by atoms with Crippen molar-refractivity contribution in [3.8, 4) is 0 Å². The zero-order valence-corrected chi connectivity index (χ0v) is 10.1. The zero-order chi connectivity index (χ0) is 13.0. The molecule has 0 unspecified atom stereocenters. The fourth-order valence-electron chi connectivity index (χ4n) is 1.18. The SMILES string of the molecule is NNC(=O)c1cc(CSc2ccc(N)cn2)on1. The van der Waals surface area contributed by atoms with E-state index in [-0.39, 0.29) is 5.69 Å². The van der Waals surface area contributed by atoms with Crippen molar-refractivity contribution >= 4 is 23.4 Å². The fourth-order valence-corrected chi connectivity index (χ4v) is 1.90. The van der Waals surface area contributed by atoms with Crippen molar-refractivity contribution < 1.29 is 9.32 Å². The van der Waals surface area contributed by atoms with Gasteiger partial charge in [0.25, 0.3) is 5.91 Å². The van der Waals surface area contributed by atoms with Crippen LogP contribution >= 0.6 is 11.8 Å². The third-order valence-corrected chi connectivity index (χ3v) is 3.01. The van der Waals surface area contributed by atoms with E-state index in [0.29, 0.717) is 17.2 Å². The second kappa shape index (κ2) is 5.52. The monoisotopic (exact) mass is 265 g/mol. The summed E-state index contributed by atoms with van der Waals surface area (Å²) >= 11 is 1.45. The van der Waals surface area contributed by atoms with E-state index in [1.54, 1.807) is 12.3 Å². The maximum Gasteiger partial charge on any atom is 0.287 e. The normalized spacial score (nSPS) is 10.3. The molecule has 2 rings (SSSR count). The standard InChI is InChI=1S/C10H11N5O2S/c11-6-1-2-9(13-4-6)18-5-7-3-8(15-17-7)10(16)14-12/h1-4H,5,11-12H2,(H,14,16). The van der Waals surface area contributed by atoms with Crippen LogP contribution in [0, 0.1) is 0 Å². The molecule has 94 valence electrons.